The van der Waals surface area contributed by atoms with Crippen LogP contribution in [0, 0.1) is 0 Å². The zero-order valence-corrected chi connectivity index (χ0v) is 8.80. The highest BCUT2D eigenvalue weighted by Crippen LogP contribution is 2.37. The van der Waals surface area contributed by atoms with Crippen molar-refractivity contribution < 1.29 is 19.7 Å². The monoisotopic (exact) mass is 220 g/mol. The fourth-order valence-electron chi connectivity index (χ4n) is 1.58. The van der Waals surface area contributed by atoms with E-state index in [0.29, 0.717) is 16.5 Å². The quantitative estimate of drug-likeness (QED) is 0.615. The number of aromatic hydroxyl groups is 2. The molecule has 0 amide bonds. The molecular weight excluding hydrogens is 208 g/mol. The van der Waals surface area contributed by atoms with E-state index in [9.17, 15) is 10.2 Å². The van der Waals surface area contributed by atoms with Crippen molar-refractivity contribution in [3.8, 4) is 17.2 Å². The molecule has 0 atom stereocenters. The van der Waals surface area contributed by atoms with Crippen molar-refractivity contribution in [1.29, 1.82) is 0 Å². The minimum atomic E-state index is 0.0690. The molecule has 84 valence electrons. The van der Waals surface area contributed by atoms with Crippen LogP contribution in [0.15, 0.2) is 30.3 Å². The summed E-state index contributed by atoms with van der Waals surface area (Å²) in [7, 11) is 1.52. The lowest BCUT2D eigenvalue weighted by Crippen LogP contribution is -1.99. The van der Waals surface area contributed by atoms with Crippen LogP contribution in [0.2, 0.25) is 0 Å². The van der Waals surface area contributed by atoms with Gasteiger partial charge in [-0.05, 0) is 18.2 Å². The lowest BCUT2D eigenvalue weighted by molar-refractivity contribution is 0.0521. The summed E-state index contributed by atoms with van der Waals surface area (Å²) in [5, 5.41) is 20.4. The zero-order valence-electron chi connectivity index (χ0n) is 8.80. The van der Waals surface area contributed by atoms with Crippen molar-refractivity contribution in [2.45, 2.75) is 0 Å². The molecule has 0 bridgehead atoms. The molecule has 0 heterocycles. The average Bonchev–Trinajstić information content (AvgIpc) is 2.31. The van der Waals surface area contributed by atoms with Gasteiger partial charge in [0.2, 0.25) is 0 Å². The van der Waals surface area contributed by atoms with Crippen LogP contribution in [-0.2, 0) is 4.74 Å². The van der Waals surface area contributed by atoms with Crippen molar-refractivity contribution in [3.05, 3.63) is 30.3 Å². The molecule has 16 heavy (non-hydrogen) atoms. The van der Waals surface area contributed by atoms with Gasteiger partial charge < -0.3 is 19.7 Å². The van der Waals surface area contributed by atoms with Crippen LogP contribution in [0.3, 0.4) is 0 Å². The van der Waals surface area contributed by atoms with Gasteiger partial charge in [-0.25, -0.2) is 0 Å². The first kappa shape index (κ1) is 10.6. The standard InChI is InChI=1S/C12H12O4/c1-15-7-16-11-4-2-3-8-9(13)5-6-10(14)12(8)11/h2-6,13-14H,7H2,1H3. The zero-order chi connectivity index (χ0) is 11.5. The maximum Gasteiger partial charge on any atom is 0.188 e. The molecule has 2 N–H and O–H groups in total. The largest absolute Gasteiger partial charge is 0.507 e. The summed E-state index contributed by atoms with van der Waals surface area (Å²) in [6.45, 7) is 0.0915. The predicted octanol–water partition coefficient (Wildman–Crippen LogP) is 2.23. The Morgan fingerprint density at radius 3 is 2.56 bits per heavy atom. The van der Waals surface area contributed by atoms with E-state index in [1.165, 1.54) is 19.2 Å². The van der Waals surface area contributed by atoms with Crippen LogP contribution < -0.4 is 4.74 Å². The van der Waals surface area contributed by atoms with Gasteiger partial charge in [0.15, 0.2) is 6.79 Å². The van der Waals surface area contributed by atoms with Crippen LogP contribution in [0.4, 0.5) is 0 Å². The van der Waals surface area contributed by atoms with Gasteiger partial charge in [-0.1, -0.05) is 12.1 Å². The second-order valence-electron chi connectivity index (χ2n) is 3.33. The lowest BCUT2D eigenvalue weighted by atomic mass is 10.1. The van der Waals surface area contributed by atoms with Crippen LogP contribution in [0.25, 0.3) is 10.8 Å². The first-order valence-corrected chi connectivity index (χ1v) is 4.79. The van der Waals surface area contributed by atoms with Crippen LogP contribution in [-0.4, -0.2) is 24.1 Å². The number of fused-ring (bicyclic) bond motifs is 1. The Morgan fingerprint density at radius 2 is 1.81 bits per heavy atom. The summed E-state index contributed by atoms with van der Waals surface area (Å²) in [6.07, 6.45) is 0. The third-order valence-corrected chi connectivity index (χ3v) is 2.29. The number of methoxy groups -OCH3 is 1. The molecule has 2 aromatic rings. The first-order valence-electron chi connectivity index (χ1n) is 4.79. The van der Waals surface area contributed by atoms with Gasteiger partial charge in [0, 0.05) is 12.5 Å². The van der Waals surface area contributed by atoms with Gasteiger partial charge in [-0.3, -0.25) is 0 Å². The normalized spacial score (nSPS) is 10.6. The molecule has 2 aromatic carbocycles. The molecule has 4 heteroatoms. The number of phenols is 2. The second kappa shape index (κ2) is 4.28. The Labute approximate surface area is 92.7 Å². The molecule has 0 aliphatic rings. The molecular formula is C12H12O4. The summed E-state index contributed by atoms with van der Waals surface area (Å²) < 4.78 is 10.1. The van der Waals surface area contributed by atoms with Crippen molar-refractivity contribution >= 4 is 10.8 Å². The Bertz CT molecular complexity index is 508. The van der Waals surface area contributed by atoms with Gasteiger partial charge in [-0.2, -0.15) is 0 Å². The summed E-state index contributed by atoms with van der Waals surface area (Å²) in [5.41, 5.74) is 0. The molecule has 0 spiro atoms. The van der Waals surface area contributed by atoms with Gasteiger partial charge in [0.25, 0.3) is 0 Å². The van der Waals surface area contributed by atoms with Gasteiger partial charge >= 0.3 is 0 Å². The third kappa shape index (κ3) is 1.75. The number of hydrogen-bond acceptors (Lipinski definition) is 4. The molecule has 0 saturated heterocycles. The molecule has 0 saturated carbocycles. The van der Waals surface area contributed by atoms with Crippen LogP contribution in [0.5, 0.6) is 17.2 Å². The fourth-order valence-corrected chi connectivity index (χ4v) is 1.58. The third-order valence-electron chi connectivity index (χ3n) is 2.29. The number of benzene rings is 2. The molecule has 0 aromatic heterocycles. The van der Waals surface area contributed by atoms with Crippen molar-refractivity contribution in [1.82, 2.24) is 0 Å². The smallest absolute Gasteiger partial charge is 0.188 e. The van der Waals surface area contributed by atoms with Crippen LogP contribution in [0.1, 0.15) is 0 Å². The minimum absolute atomic E-state index is 0.0690. The number of hydrogen-bond donors (Lipinski definition) is 2. The molecule has 4 nitrogen and oxygen atoms in total. The highest BCUT2D eigenvalue weighted by Gasteiger charge is 2.09. The molecule has 0 aliphatic carbocycles. The summed E-state index contributed by atoms with van der Waals surface area (Å²) in [4.78, 5) is 0. The van der Waals surface area contributed by atoms with Crippen LogP contribution >= 0.6 is 0 Å². The van der Waals surface area contributed by atoms with E-state index < -0.39 is 0 Å². The number of phenolic OH excluding ortho intramolecular Hbond substituents is 2. The van der Waals surface area contributed by atoms with Crippen molar-refractivity contribution in [2.24, 2.45) is 0 Å². The minimum Gasteiger partial charge on any atom is -0.507 e. The van der Waals surface area contributed by atoms with E-state index in [2.05, 4.69) is 0 Å². The first-order chi connectivity index (χ1) is 7.74. The molecule has 0 fully saturated rings. The Kier molecular flexibility index (Phi) is 2.83. The maximum absolute atomic E-state index is 9.74. The van der Waals surface area contributed by atoms with E-state index in [0.717, 1.165) is 0 Å². The van der Waals surface area contributed by atoms with E-state index in [1.807, 2.05) is 0 Å². The Balaban J connectivity index is 2.61. The molecule has 2 rings (SSSR count). The molecule has 0 aliphatic heterocycles. The van der Waals surface area contributed by atoms with Crippen molar-refractivity contribution in [3.63, 3.8) is 0 Å². The lowest BCUT2D eigenvalue weighted by Gasteiger charge is -2.10. The van der Waals surface area contributed by atoms with E-state index in [-0.39, 0.29) is 18.3 Å². The maximum atomic E-state index is 9.74. The highest BCUT2D eigenvalue weighted by molar-refractivity contribution is 5.97. The molecule has 0 radical (unpaired) electrons. The predicted molar refractivity (Wildman–Crippen MR) is 59.8 cm³/mol. The fraction of sp³-hybridized carbons (Fsp3) is 0.167. The highest BCUT2D eigenvalue weighted by atomic mass is 16.7. The second-order valence-corrected chi connectivity index (χ2v) is 3.33. The van der Waals surface area contributed by atoms with Crippen molar-refractivity contribution in [2.75, 3.05) is 13.9 Å². The average molecular weight is 220 g/mol. The Morgan fingerprint density at radius 1 is 1.06 bits per heavy atom. The van der Waals surface area contributed by atoms with E-state index in [4.69, 9.17) is 9.47 Å². The van der Waals surface area contributed by atoms with Gasteiger partial charge in [-0.15, -0.1) is 0 Å². The number of rotatable bonds is 3. The number of ether oxygens (including phenoxy) is 2. The summed E-state index contributed by atoms with van der Waals surface area (Å²) in [6, 6.07) is 8.03. The Hall–Kier alpha value is -1.94. The van der Waals surface area contributed by atoms with E-state index in [1.54, 1.807) is 18.2 Å². The van der Waals surface area contributed by atoms with E-state index >= 15 is 0 Å². The SMILES string of the molecule is COCOc1cccc2c(O)ccc(O)c12. The van der Waals surface area contributed by atoms with Gasteiger partial charge in [0.05, 0.1) is 5.39 Å². The summed E-state index contributed by atoms with van der Waals surface area (Å²) in [5.74, 6) is 0.655. The topological polar surface area (TPSA) is 58.9 Å². The summed E-state index contributed by atoms with van der Waals surface area (Å²) >= 11 is 0. The van der Waals surface area contributed by atoms with Gasteiger partial charge in [0.1, 0.15) is 17.2 Å². The molecule has 0 unspecified atom stereocenters.